The Bertz CT molecular complexity index is 2770. The Balaban J connectivity index is 1.25. The lowest BCUT2D eigenvalue weighted by Crippen LogP contribution is -2.11. The van der Waals surface area contributed by atoms with Crippen molar-refractivity contribution in [2.24, 2.45) is 0 Å². The molecule has 0 atom stereocenters. The average Bonchev–Trinajstić information content (AvgIpc) is 3.40. The monoisotopic (exact) mass is 689 g/mol. The molecule has 0 bridgehead atoms. The highest BCUT2D eigenvalue weighted by Gasteiger charge is 2.29. The number of benzene rings is 9. The molecule has 0 unspecified atom stereocenters. The zero-order chi connectivity index (χ0) is 35.8. The number of rotatable bonds is 6. The molecule has 54 heavy (non-hydrogen) atoms. The van der Waals surface area contributed by atoms with E-state index >= 15 is 0 Å². The van der Waals surface area contributed by atoms with Gasteiger partial charge >= 0.3 is 0 Å². The molecule has 1 aliphatic heterocycles. The third-order valence-corrected chi connectivity index (χ3v) is 10.5. The molecule has 10 rings (SSSR count). The first-order valence-corrected chi connectivity index (χ1v) is 18.4. The lowest BCUT2D eigenvalue weighted by molar-refractivity contribution is 0.490. The van der Waals surface area contributed by atoms with Crippen LogP contribution in [0.15, 0.2) is 212 Å². The molecule has 0 aliphatic carbocycles. The number of para-hydroxylation sites is 2. The second-order valence-electron chi connectivity index (χ2n) is 13.7. The van der Waals surface area contributed by atoms with E-state index in [-0.39, 0.29) is 0 Å². The zero-order valence-corrected chi connectivity index (χ0v) is 29.6. The number of hydrogen-bond donors (Lipinski definition) is 0. The normalized spacial score (nSPS) is 11.5. The minimum Gasteiger partial charge on any atom is -0.453 e. The summed E-state index contributed by atoms with van der Waals surface area (Å²) < 4.78 is 7.46. The predicted octanol–water partition coefficient (Wildman–Crippen LogP) is 14.8. The van der Waals surface area contributed by atoms with E-state index in [1.165, 1.54) is 33.0 Å². The van der Waals surface area contributed by atoms with Gasteiger partial charge in [-0.1, -0.05) is 182 Å². The van der Waals surface area contributed by atoms with Crippen LogP contribution in [0, 0.1) is 0 Å². The van der Waals surface area contributed by atoms with E-state index in [0.29, 0.717) is 0 Å². The lowest BCUT2D eigenvalue weighted by atomic mass is 9.86. The van der Waals surface area contributed by atoms with Crippen LogP contribution in [-0.4, -0.2) is 0 Å². The molecule has 0 saturated heterocycles. The molecule has 9 aromatic rings. The molecule has 0 aromatic heterocycles. The second kappa shape index (κ2) is 13.4. The topological polar surface area (TPSA) is 12.5 Å². The average molecular weight is 690 g/mol. The summed E-state index contributed by atoms with van der Waals surface area (Å²) in [6, 6.07) is 75.7. The van der Waals surface area contributed by atoms with E-state index in [2.05, 4.69) is 217 Å². The third kappa shape index (κ3) is 5.53. The van der Waals surface area contributed by atoms with Crippen LogP contribution in [0.4, 0.5) is 17.1 Å². The fourth-order valence-electron chi connectivity index (χ4n) is 7.91. The van der Waals surface area contributed by atoms with E-state index in [4.69, 9.17) is 4.74 Å². The molecule has 1 heterocycles. The summed E-state index contributed by atoms with van der Waals surface area (Å²) in [5.74, 6) is 1.66. The Morgan fingerprint density at radius 1 is 0.296 bits per heavy atom. The Hall–Kier alpha value is -7.16. The maximum absolute atomic E-state index is 7.46. The SMILES string of the molecule is c1ccc(-c2ccc(N(c3ccc4ccccc4c3)c3cccc4c3Oc3c(-c5ccccc5)cccc3-c3c(-c5ccccc5)cccc3-4)cc2)cc1. The van der Waals surface area contributed by atoms with Gasteiger partial charge in [-0.15, -0.1) is 0 Å². The zero-order valence-electron chi connectivity index (χ0n) is 29.6. The highest BCUT2D eigenvalue weighted by molar-refractivity contribution is 6.03. The van der Waals surface area contributed by atoms with Crippen LogP contribution >= 0.6 is 0 Å². The summed E-state index contributed by atoms with van der Waals surface area (Å²) in [6.45, 7) is 0. The molecule has 0 radical (unpaired) electrons. The first-order chi connectivity index (χ1) is 26.8. The first kappa shape index (κ1) is 31.6. The van der Waals surface area contributed by atoms with Crippen LogP contribution < -0.4 is 9.64 Å². The molecule has 0 saturated carbocycles. The van der Waals surface area contributed by atoms with Crippen molar-refractivity contribution in [3.63, 3.8) is 0 Å². The molecule has 0 N–H and O–H groups in total. The van der Waals surface area contributed by atoms with Gasteiger partial charge in [0.25, 0.3) is 0 Å². The van der Waals surface area contributed by atoms with Gasteiger partial charge in [0.2, 0.25) is 0 Å². The van der Waals surface area contributed by atoms with Gasteiger partial charge in [-0.3, -0.25) is 0 Å². The van der Waals surface area contributed by atoms with Gasteiger partial charge < -0.3 is 9.64 Å². The van der Waals surface area contributed by atoms with Crippen LogP contribution in [0.5, 0.6) is 11.5 Å². The van der Waals surface area contributed by atoms with Gasteiger partial charge in [0, 0.05) is 33.6 Å². The van der Waals surface area contributed by atoms with Crippen LogP contribution in [0.2, 0.25) is 0 Å². The maximum Gasteiger partial charge on any atom is 0.159 e. The summed E-state index contributed by atoms with van der Waals surface area (Å²) >= 11 is 0. The molecule has 1 aliphatic rings. The van der Waals surface area contributed by atoms with Crippen molar-refractivity contribution in [3.05, 3.63) is 212 Å². The first-order valence-electron chi connectivity index (χ1n) is 18.4. The van der Waals surface area contributed by atoms with Gasteiger partial charge in [-0.25, -0.2) is 0 Å². The van der Waals surface area contributed by atoms with Gasteiger partial charge in [-0.2, -0.15) is 0 Å². The molecule has 254 valence electrons. The molecule has 0 spiro atoms. The van der Waals surface area contributed by atoms with Crippen molar-refractivity contribution in [1.29, 1.82) is 0 Å². The number of nitrogens with zero attached hydrogens (tertiary/aromatic N) is 1. The van der Waals surface area contributed by atoms with E-state index in [1.807, 2.05) is 0 Å². The third-order valence-electron chi connectivity index (χ3n) is 10.5. The summed E-state index contributed by atoms with van der Waals surface area (Å²) in [4.78, 5) is 2.34. The molecule has 9 aromatic carbocycles. The van der Waals surface area contributed by atoms with Gasteiger partial charge in [0.05, 0.1) is 5.69 Å². The minimum absolute atomic E-state index is 0.811. The molecular weight excluding hydrogens is 655 g/mol. The number of anilines is 3. The van der Waals surface area contributed by atoms with E-state index < -0.39 is 0 Å². The fourth-order valence-corrected chi connectivity index (χ4v) is 7.91. The molecule has 0 amide bonds. The van der Waals surface area contributed by atoms with E-state index in [0.717, 1.165) is 61.9 Å². The standard InChI is InChI=1S/C52H35NO/c1-4-15-36(16-5-1)38-29-32-42(33-30-38)53(43-34-31-37-17-10-11-22-41(37)35-43)49-28-14-26-47-46-25-12-23-44(39-18-6-2-7-19-39)50(46)48-27-13-24-45(51(48)54-52(47)49)40-20-8-3-9-21-40/h1-35H. The maximum atomic E-state index is 7.46. The number of ether oxygens (including phenoxy) is 1. The second-order valence-corrected chi connectivity index (χ2v) is 13.7. The van der Waals surface area contributed by atoms with Crippen LogP contribution in [0.1, 0.15) is 0 Å². The highest BCUT2D eigenvalue weighted by Crippen LogP contribution is 2.56. The minimum atomic E-state index is 0.811. The summed E-state index contributed by atoms with van der Waals surface area (Å²) in [6.07, 6.45) is 0. The van der Waals surface area contributed by atoms with Crippen LogP contribution in [-0.2, 0) is 0 Å². The quantitative estimate of drug-likeness (QED) is 0.172. The van der Waals surface area contributed by atoms with E-state index in [1.54, 1.807) is 0 Å². The van der Waals surface area contributed by atoms with Crippen molar-refractivity contribution in [2.45, 2.75) is 0 Å². The Labute approximate surface area is 315 Å². The largest absolute Gasteiger partial charge is 0.453 e. The Morgan fingerprint density at radius 3 is 1.54 bits per heavy atom. The number of hydrogen-bond acceptors (Lipinski definition) is 2. The predicted molar refractivity (Wildman–Crippen MR) is 226 cm³/mol. The van der Waals surface area contributed by atoms with Crippen molar-refractivity contribution in [3.8, 4) is 67.1 Å². The summed E-state index contributed by atoms with van der Waals surface area (Å²) in [7, 11) is 0. The summed E-state index contributed by atoms with van der Waals surface area (Å²) in [5.41, 5.74) is 14.3. The lowest BCUT2D eigenvalue weighted by Gasteiger charge is -2.29. The van der Waals surface area contributed by atoms with Gasteiger partial charge in [0.1, 0.15) is 5.75 Å². The van der Waals surface area contributed by atoms with Crippen molar-refractivity contribution < 1.29 is 4.74 Å². The number of fused-ring (bicyclic) bond motifs is 6. The van der Waals surface area contributed by atoms with Crippen LogP contribution in [0.25, 0.3) is 66.4 Å². The Kier molecular flexibility index (Phi) is 7.85. The van der Waals surface area contributed by atoms with Crippen molar-refractivity contribution >= 4 is 27.8 Å². The fraction of sp³-hybridized carbons (Fsp3) is 0. The highest BCUT2D eigenvalue weighted by atomic mass is 16.5. The van der Waals surface area contributed by atoms with Crippen molar-refractivity contribution in [2.75, 3.05) is 4.90 Å². The van der Waals surface area contributed by atoms with Gasteiger partial charge in [-0.05, 0) is 74.5 Å². The smallest absolute Gasteiger partial charge is 0.159 e. The van der Waals surface area contributed by atoms with Crippen LogP contribution in [0.3, 0.4) is 0 Å². The van der Waals surface area contributed by atoms with Crippen molar-refractivity contribution in [1.82, 2.24) is 0 Å². The van der Waals surface area contributed by atoms with Gasteiger partial charge in [0.15, 0.2) is 5.75 Å². The summed E-state index contributed by atoms with van der Waals surface area (Å²) in [5, 5.41) is 2.38. The Morgan fingerprint density at radius 2 is 0.815 bits per heavy atom. The molecule has 2 nitrogen and oxygen atoms in total. The molecular formula is C52H35NO. The molecule has 2 heteroatoms. The molecule has 0 fully saturated rings. The van der Waals surface area contributed by atoms with E-state index in [9.17, 15) is 0 Å².